The minimum absolute atomic E-state index is 0.00492. The summed E-state index contributed by atoms with van der Waals surface area (Å²) in [6.07, 6.45) is 10.7. The molecule has 5 rings (SSSR count). The van der Waals surface area contributed by atoms with Crippen molar-refractivity contribution >= 4 is 41.1 Å². The molecule has 148 valence electrons. The number of ether oxygens (including phenoxy) is 1. The van der Waals surface area contributed by atoms with Gasteiger partial charge in [0.1, 0.15) is 16.2 Å². The summed E-state index contributed by atoms with van der Waals surface area (Å²) in [7, 11) is 0. The molecule has 2 aromatic rings. The van der Waals surface area contributed by atoms with E-state index in [-0.39, 0.29) is 11.8 Å². The van der Waals surface area contributed by atoms with Gasteiger partial charge in [0, 0.05) is 42.5 Å². The summed E-state index contributed by atoms with van der Waals surface area (Å²) < 4.78 is 5.27. The molecule has 1 spiro atoms. The van der Waals surface area contributed by atoms with Gasteiger partial charge in [-0.2, -0.15) is 0 Å². The van der Waals surface area contributed by atoms with Gasteiger partial charge < -0.3 is 15.0 Å². The van der Waals surface area contributed by atoms with E-state index in [4.69, 9.17) is 4.74 Å². The number of pyridine rings is 1. The van der Waals surface area contributed by atoms with Crippen LogP contribution in [-0.2, 0) is 19.7 Å². The summed E-state index contributed by atoms with van der Waals surface area (Å²) in [6, 6.07) is 1.93. The summed E-state index contributed by atoms with van der Waals surface area (Å²) in [4.78, 5) is 35.3. The summed E-state index contributed by atoms with van der Waals surface area (Å²) in [6.45, 7) is 2.18. The molecule has 2 amide bonds. The molecule has 0 saturated carbocycles. The Hall–Kier alpha value is -2.84. The van der Waals surface area contributed by atoms with Crippen LogP contribution < -0.4 is 5.32 Å². The Kier molecular flexibility index (Phi) is 4.52. The number of hydrogen-bond donors (Lipinski definition) is 1. The maximum atomic E-state index is 12.6. The molecule has 0 radical (unpaired) electrons. The zero-order valence-electron chi connectivity index (χ0n) is 15.8. The molecule has 0 aromatic carbocycles. The number of likely N-dealkylation sites (tertiary alicyclic amines) is 1. The maximum absolute atomic E-state index is 12.6. The maximum Gasteiger partial charge on any atom is 0.246 e. The summed E-state index contributed by atoms with van der Waals surface area (Å²) in [5.41, 5.74) is 2.39. The Bertz CT molecular complexity index is 1010. The smallest absolute Gasteiger partial charge is 0.246 e. The molecule has 3 aliphatic rings. The Labute approximate surface area is 172 Å². The highest BCUT2D eigenvalue weighted by Gasteiger charge is 2.53. The number of amides is 2. The quantitative estimate of drug-likeness (QED) is 0.789. The van der Waals surface area contributed by atoms with Crippen molar-refractivity contribution in [1.29, 1.82) is 0 Å². The van der Waals surface area contributed by atoms with Gasteiger partial charge in [-0.25, -0.2) is 9.97 Å². The number of nitrogens with one attached hydrogen (secondary N) is 1. The van der Waals surface area contributed by atoms with Crippen molar-refractivity contribution in [3.63, 3.8) is 0 Å². The van der Waals surface area contributed by atoms with Crippen LogP contribution in [0.2, 0.25) is 0 Å². The molecule has 0 unspecified atom stereocenters. The number of carbonyl (C=O) groups is 2. The second-order valence-corrected chi connectivity index (χ2v) is 8.45. The van der Waals surface area contributed by atoms with E-state index in [2.05, 4.69) is 21.4 Å². The monoisotopic (exact) mass is 408 g/mol. The van der Waals surface area contributed by atoms with Crippen LogP contribution in [0.15, 0.2) is 35.5 Å². The molecular weight excluding hydrogens is 388 g/mol. The lowest BCUT2D eigenvalue weighted by atomic mass is 9.80. The Morgan fingerprint density at radius 3 is 2.79 bits per heavy atom. The molecule has 7 nitrogen and oxygen atoms in total. The van der Waals surface area contributed by atoms with Crippen LogP contribution in [0.25, 0.3) is 12.2 Å². The third-order valence-electron chi connectivity index (χ3n) is 5.70. The predicted molar refractivity (Wildman–Crippen MR) is 110 cm³/mol. The van der Waals surface area contributed by atoms with Crippen molar-refractivity contribution < 1.29 is 14.3 Å². The summed E-state index contributed by atoms with van der Waals surface area (Å²) in [5, 5.41) is 5.80. The first-order chi connectivity index (χ1) is 14.1. The number of carbonyl (C=O) groups excluding carboxylic acids is 2. The molecule has 2 fully saturated rings. The van der Waals surface area contributed by atoms with Crippen LogP contribution in [-0.4, -0.2) is 53.0 Å². The van der Waals surface area contributed by atoms with Crippen molar-refractivity contribution in [2.45, 2.75) is 18.3 Å². The molecule has 5 heterocycles. The van der Waals surface area contributed by atoms with Gasteiger partial charge in [-0.3, -0.25) is 9.59 Å². The third kappa shape index (κ3) is 3.28. The highest BCUT2D eigenvalue weighted by Crippen LogP contribution is 2.42. The molecule has 29 heavy (non-hydrogen) atoms. The first-order valence-electron chi connectivity index (χ1n) is 9.60. The molecule has 8 heteroatoms. The number of piperidine rings is 1. The second-order valence-electron chi connectivity index (χ2n) is 7.53. The summed E-state index contributed by atoms with van der Waals surface area (Å²) in [5.74, 6) is 0.533. The van der Waals surface area contributed by atoms with Gasteiger partial charge in [-0.15, -0.1) is 11.3 Å². The van der Waals surface area contributed by atoms with E-state index in [9.17, 15) is 9.59 Å². The number of nitrogens with zero attached hydrogens (tertiary/aromatic N) is 3. The lowest BCUT2D eigenvalue weighted by molar-refractivity contribution is -0.138. The van der Waals surface area contributed by atoms with Crippen molar-refractivity contribution in [1.82, 2.24) is 14.9 Å². The van der Waals surface area contributed by atoms with Crippen LogP contribution >= 0.6 is 11.3 Å². The number of thiazole rings is 1. The van der Waals surface area contributed by atoms with Gasteiger partial charge in [-0.05, 0) is 36.6 Å². The SMILES string of the molecule is O=C(C=Cc1cnc2c(c1)C1(COC1)C(=O)N2)N1CCC(=Cc2nccs2)CC1. The minimum Gasteiger partial charge on any atom is -0.378 e. The molecular formula is C21H20N4O3S. The Balaban J connectivity index is 1.24. The van der Waals surface area contributed by atoms with E-state index in [1.165, 1.54) is 5.57 Å². The van der Waals surface area contributed by atoms with Gasteiger partial charge in [0.15, 0.2) is 0 Å². The third-order valence-corrected chi connectivity index (χ3v) is 6.43. The lowest BCUT2D eigenvalue weighted by Crippen LogP contribution is -2.51. The first-order valence-corrected chi connectivity index (χ1v) is 10.5. The van der Waals surface area contributed by atoms with E-state index >= 15 is 0 Å². The predicted octanol–water partition coefficient (Wildman–Crippen LogP) is 2.48. The molecule has 2 saturated heterocycles. The minimum atomic E-state index is -0.608. The Morgan fingerprint density at radius 2 is 2.10 bits per heavy atom. The number of hydrogen-bond acceptors (Lipinski definition) is 6. The van der Waals surface area contributed by atoms with E-state index in [1.807, 2.05) is 16.3 Å². The second kappa shape index (κ2) is 7.20. The lowest BCUT2D eigenvalue weighted by Gasteiger charge is -2.35. The van der Waals surface area contributed by atoms with E-state index in [0.29, 0.717) is 32.1 Å². The molecule has 0 aliphatic carbocycles. The van der Waals surface area contributed by atoms with Gasteiger partial charge in [0.2, 0.25) is 11.8 Å². The van der Waals surface area contributed by atoms with Gasteiger partial charge in [0.25, 0.3) is 0 Å². The number of aromatic nitrogens is 2. The molecule has 1 N–H and O–H groups in total. The van der Waals surface area contributed by atoms with Crippen LogP contribution in [0, 0.1) is 0 Å². The van der Waals surface area contributed by atoms with Crippen molar-refractivity contribution in [2.75, 3.05) is 31.6 Å². The molecule has 2 aromatic heterocycles. The largest absolute Gasteiger partial charge is 0.378 e. The van der Waals surface area contributed by atoms with Gasteiger partial charge >= 0.3 is 0 Å². The summed E-state index contributed by atoms with van der Waals surface area (Å²) >= 11 is 1.62. The average Bonchev–Trinajstić information content (AvgIpc) is 3.30. The van der Waals surface area contributed by atoms with Gasteiger partial charge in [0.05, 0.1) is 13.2 Å². The molecule has 0 bridgehead atoms. The zero-order chi connectivity index (χ0) is 19.8. The van der Waals surface area contributed by atoms with E-state index in [1.54, 1.807) is 35.9 Å². The topological polar surface area (TPSA) is 84.4 Å². The standard InChI is InChI=1S/C21H20N4O3S/c26-18(25-6-3-14(4-7-25)10-17-22-5-8-29-17)2-1-15-9-16-19(23-11-15)24-20(27)21(16)12-28-13-21/h1-2,5,8-11H,3-4,6-7,12-13H2,(H,23,24,27). The molecule has 3 aliphatic heterocycles. The fourth-order valence-electron chi connectivity index (χ4n) is 3.89. The molecule has 0 atom stereocenters. The van der Waals surface area contributed by atoms with Crippen molar-refractivity contribution in [3.8, 4) is 0 Å². The van der Waals surface area contributed by atoms with Crippen molar-refractivity contribution in [2.24, 2.45) is 0 Å². The van der Waals surface area contributed by atoms with Crippen LogP contribution in [0.5, 0.6) is 0 Å². The van der Waals surface area contributed by atoms with E-state index in [0.717, 1.165) is 29.0 Å². The van der Waals surface area contributed by atoms with Crippen molar-refractivity contribution in [3.05, 3.63) is 51.6 Å². The highest BCUT2D eigenvalue weighted by atomic mass is 32.1. The average molecular weight is 408 g/mol. The number of rotatable bonds is 3. The highest BCUT2D eigenvalue weighted by molar-refractivity contribution is 7.10. The fourth-order valence-corrected chi connectivity index (χ4v) is 4.51. The fraction of sp³-hybridized carbons (Fsp3) is 0.333. The zero-order valence-corrected chi connectivity index (χ0v) is 16.6. The first kappa shape index (κ1) is 18.2. The number of anilines is 1. The van der Waals surface area contributed by atoms with Crippen LogP contribution in [0.3, 0.4) is 0 Å². The number of fused-ring (bicyclic) bond motifs is 2. The van der Waals surface area contributed by atoms with E-state index < -0.39 is 5.41 Å². The Morgan fingerprint density at radius 1 is 1.28 bits per heavy atom. The van der Waals surface area contributed by atoms with Gasteiger partial charge in [-0.1, -0.05) is 5.57 Å². The normalized spacial score (nSPS) is 19.9. The van der Waals surface area contributed by atoms with Crippen LogP contribution in [0.4, 0.5) is 5.82 Å². The van der Waals surface area contributed by atoms with Crippen LogP contribution in [0.1, 0.15) is 29.0 Å².